The Morgan fingerprint density at radius 1 is 0.971 bits per heavy atom. The van der Waals surface area contributed by atoms with Crippen molar-refractivity contribution in [1.29, 1.82) is 0 Å². The Morgan fingerprint density at radius 2 is 1.66 bits per heavy atom. The predicted octanol–water partition coefficient (Wildman–Crippen LogP) is 4.44. The monoisotopic (exact) mass is 487 g/mol. The van der Waals surface area contributed by atoms with E-state index in [1.807, 2.05) is 37.3 Å². The molecule has 0 aromatic heterocycles. The molecule has 7 nitrogen and oxygen atoms in total. The summed E-state index contributed by atoms with van der Waals surface area (Å²) in [5.74, 6) is -0.357. The van der Waals surface area contributed by atoms with E-state index < -0.39 is 15.9 Å². The van der Waals surface area contributed by atoms with Gasteiger partial charge in [0.25, 0.3) is 5.91 Å². The van der Waals surface area contributed by atoms with Crippen molar-refractivity contribution in [2.45, 2.75) is 18.4 Å². The molecule has 8 heteroatoms. The topological polar surface area (TPSA) is 99.1 Å². The zero-order valence-corrected chi connectivity index (χ0v) is 20.2. The summed E-state index contributed by atoms with van der Waals surface area (Å²) in [6.45, 7) is 2.06. The van der Waals surface area contributed by atoms with E-state index in [1.54, 1.807) is 54.6 Å². The maximum Gasteiger partial charge on any atom is 0.271 e. The Bertz CT molecular complexity index is 1500. The number of aromatic hydroxyl groups is 1. The normalized spacial score (nSPS) is 11.9. The first-order valence-corrected chi connectivity index (χ1v) is 12.4. The number of sulfonamides is 1. The highest BCUT2D eigenvalue weighted by Crippen LogP contribution is 2.25. The second-order valence-electron chi connectivity index (χ2n) is 8.19. The molecule has 0 bridgehead atoms. The Labute approximate surface area is 204 Å². The number of phenolic OH excluding ortho intramolecular Hbond substituents is 1. The highest BCUT2D eigenvalue weighted by molar-refractivity contribution is 7.89. The van der Waals surface area contributed by atoms with Crippen LogP contribution in [-0.2, 0) is 16.6 Å². The van der Waals surface area contributed by atoms with E-state index in [0.29, 0.717) is 11.1 Å². The van der Waals surface area contributed by atoms with Crippen LogP contribution in [0.5, 0.6) is 5.75 Å². The number of nitrogens with zero attached hydrogens (tertiary/aromatic N) is 2. The van der Waals surface area contributed by atoms with Crippen molar-refractivity contribution in [2.24, 2.45) is 5.10 Å². The molecule has 0 aliphatic carbocycles. The highest BCUT2D eigenvalue weighted by Gasteiger charge is 2.20. The fourth-order valence-electron chi connectivity index (χ4n) is 3.63. The molecule has 0 saturated heterocycles. The van der Waals surface area contributed by atoms with Crippen LogP contribution in [0.25, 0.3) is 10.8 Å². The highest BCUT2D eigenvalue weighted by atomic mass is 32.2. The first-order chi connectivity index (χ1) is 16.8. The van der Waals surface area contributed by atoms with Gasteiger partial charge in [-0.25, -0.2) is 13.8 Å². The third-order valence-electron chi connectivity index (χ3n) is 5.66. The zero-order chi connectivity index (χ0) is 25.0. The van der Waals surface area contributed by atoms with Gasteiger partial charge in [-0.15, -0.1) is 0 Å². The summed E-state index contributed by atoms with van der Waals surface area (Å²) >= 11 is 0. The van der Waals surface area contributed by atoms with Crippen LogP contribution in [0.3, 0.4) is 0 Å². The first kappa shape index (κ1) is 24.1. The van der Waals surface area contributed by atoms with Gasteiger partial charge >= 0.3 is 0 Å². The van der Waals surface area contributed by atoms with E-state index in [2.05, 4.69) is 10.5 Å². The smallest absolute Gasteiger partial charge is 0.271 e. The van der Waals surface area contributed by atoms with Gasteiger partial charge in [-0.2, -0.15) is 9.41 Å². The van der Waals surface area contributed by atoms with Crippen LogP contribution < -0.4 is 5.43 Å². The lowest BCUT2D eigenvalue weighted by Crippen LogP contribution is -2.26. The van der Waals surface area contributed by atoms with E-state index in [4.69, 9.17) is 0 Å². The Kier molecular flexibility index (Phi) is 6.95. The number of carbonyl (C=O) groups excluding carboxylic acids is 1. The molecular formula is C27H25N3O4S. The molecule has 0 fully saturated rings. The molecule has 0 radical (unpaired) electrons. The van der Waals surface area contributed by atoms with Crippen LogP contribution in [0.1, 0.15) is 27.0 Å². The third kappa shape index (κ3) is 5.40. The molecule has 178 valence electrons. The second-order valence-corrected chi connectivity index (χ2v) is 10.2. The number of hydrogen-bond acceptors (Lipinski definition) is 5. The molecular weight excluding hydrogens is 462 g/mol. The van der Waals surface area contributed by atoms with Crippen molar-refractivity contribution in [2.75, 3.05) is 7.05 Å². The van der Waals surface area contributed by atoms with Gasteiger partial charge in [0, 0.05) is 24.7 Å². The van der Waals surface area contributed by atoms with Gasteiger partial charge in [-0.3, -0.25) is 4.79 Å². The molecule has 0 atom stereocenters. The van der Waals surface area contributed by atoms with Gasteiger partial charge in [0.15, 0.2) is 0 Å². The predicted molar refractivity (Wildman–Crippen MR) is 137 cm³/mol. The molecule has 0 saturated carbocycles. The number of fused-ring (bicyclic) bond motifs is 1. The quantitative estimate of drug-likeness (QED) is 0.297. The lowest BCUT2D eigenvalue weighted by Gasteiger charge is -2.17. The van der Waals surface area contributed by atoms with Gasteiger partial charge in [0.1, 0.15) is 5.75 Å². The first-order valence-electron chi connectivity index (χ1n) is 10.9. The molecule has 0 aliphatic rings. The summed E-state index contributed by atoms with van der Waals surface area (Å²) < 4.78 is 26.9. The van der Waals surface area contributed by atoms with Crippen molar-refractivity contribution in [3.05, 3.63) is 107 Å². The Morgan fingerprint density at radius 3 is 2.37 bits per heavy atom. The number of aryl methyl sites for hydroxylation is 1. The minimum Gasteiger partial charge on any atom is -0.507 e. The van der Waals surface area contributed by atoms with Crippen molar-refractivity contribution >= 4 is 32.9 Å². The number of benzene rings is 4. The summed E-state index contributed by atoms with van der Waals surface area (Å²) in [5, 5.41) is 16.0. The number of carbonyl (C=O) groups is 1. The van der Waals surface area contributed by atoms with E-state index in [0.717, 1.165) is 21.9 Å². The van der Waals surface area contributed by atoms with E-state index in [-0.39, 0.29) is 17.2 Å². The van der Waals surface area contributed by atoms with Crippen molar-refractivity contribution in [3.8, 4) is 5.75 Å². The number of rotatable bonds is 7. The second kappa shape index (κ2) is 10.1. The summed E-state index contributed by atoms with van der Waals surface area (Å²) in [5.41, 5.74) is 5.07. The van der Waals surface area contributed by atoms with Gasteiger partial charge in [0.2, 0.25) is 10.0 Å². The minimum atomic E-state index is -3.62. The number of nitrogens with one attached hydrogen (secondary N) is 1. The van der Waals surface area contributed by atoms with Crippen molar-refractivity contribution < 1.29 is 18.3 Å². The van der Waals surface area contributed by atoms with Crippen LogP contribution in [0, 0.1) is 6.92 Å². The van der Waals surface area contributed by atoms with E-state index in [9.17, 15) is 18.3 Å². The SMILES string of the molecule is Cc1ccc(S(=O)(=O)N(C)Cc2ccc(C(=O)N/N=C/c3c(O)ccc4ccccc34)cc2)cc1. The minimum absolute atomic E-state index is 0.0655. The molecule has 0 unspecified atom stereocenters. The Balaban J connectivity index is 1.41. The van der Waals surface area contributed by atoms with Gasteiger partial charge < -0.3 is 5.11 Å². The zero-order valence-electron chi connectivity index (χ0n) is 19.3. The largest absolute Gasteiger partial charge is 0.507 e. The van der Waals surface area contributed by atoms with Crippen molar-refractivity contribution in [3.63, 3.8) is 0 Å². The lowest BCUT2D eigenvalue weighted by molar-refractivity contribution is 0.0955. The standard InChI is InChI=1S/C27H25N3O4S/c1-19-7-14-23(15-8-19)35(33,34)30(2)18-20-9-11-22(12-10-20)27(32)29-28-17-25-24-6-4-3-5-21(24)13-16-26(25)31/h3-17,31H,18H2,1-2H3,(H,29,32)/b28-17+. The molecule has 4 aromatic carbocycles. The number of phenols is 1. The maximum absolute atomic E-state index is 12.8. The summed E-state index contributed by atoms with van der Waals surface area (Å²) in [6, 6.07) is 24.3. The molecule has 0 aliphatic heterocycles. The average Bonchev–Trinajstić information content (AvgIpc) is 2.86. The van der Waals surface area contributed by atoms with Gasteiger partial charge in [-0.1, -0.05) is 60.2 Å². The van der Waals surface area contributed by atoms with Gasteiger partial charge in [0.05, 0.1) is 11.1 Å². The fraction of sp³-hybridized carbons (Fsp3) is 0.111. The van der Waals surface area contributed by atoms with Crippen molar-refractivity contribution in [1.82, 2.24) is 9.73 Å². The van der Waals surface area contributed by atoms with Gasteiger partial charge in [-0.05, 0) is 53.6 Å². The molecule has 0 heterocycles. The number of hydrazone groups is 1. The summed E-state index contributed by atoms with van der Waals surface area (Å²) in [7, 11) is -2.10. The molecule has 4 aromatic rings. The van der Waals surface area contributed by atoms with E-state index in [1.165, 1.54) is 17.6 Å². The van der Waals surface area contributed by atoms with Crippen LogP contribution in [0.2, 0.25) is 0 Å². The molecule has 1 amide bonds. The van der Waals surface area contributed by atoms with Crippen LogP contribution in [0.15, 0.2) is 94.9 Å². The summed E-state index contributed by atoms with van der Waals surface area (Å²) in [4.78, 5) is 12.7. The molecule has 2 N–H and O–H groups in total. The lowest BCUT2D eigenvalue weighted by atomic mass is 10.0. The molecule has 4 rings (SSSR count). The van der Waals surface area contributed by atoms with E-state index >= 15 is 0 Å². The van der Waals surface area contributed by atoms with Crippen LogP contribution in [-0.4, -0.2) is 37.0 Å². The molecule has 0 spiro atoms. The Hall–Kier alpha value is -4.01. The summed E-state index contributed by atoms with van der Waals surface area (Å²) in [6.07, 6.45) is 1.41. The fourth-order valence-corrected chi connectivity index (χ4v) is 4.79. The van der Waals surface area contributed by atoms with Crippen LogP contribution >= 0.6 is 0 Å². The number of hydrogen-bond donors (Lipinski definition) is 2. The third-order valence-corrected chi connectivity index (χ3v) is 7.48. The maximum atomic E-state index is 12.8. The average molecular weight is 488 g/mol. The molecule has 35 heavy (non-hydrogen) atoms. The van der Waals surface area contributed by atoms with Crippen LogP contribution in [0.4, 0.5) is 0 Å². The number of amides is 1.